The van der Waals surface area contributed by atoms with Crippen LogP contribution in [0.5, 0.6) is 0 Å². The Hall–Kier alpha value is -1.64. The van der Waals surface area contributed by atoms with Crippen LogP contribution < -0.4 is 5.32 Å². The SMILES string of the molecule is CCNCc1ccc(-c2cccc3ccsc23)c(C)c1. The molecule has 0 bridgehead atoms. The summed E-state index contributed by atoms with van der Waals surface area (Å²) in [4.78, 5) is 0. The predicted molar refractivity (Wildman–Crippen MR) is 89.4 cm³/mol. The fraction of sp³-hybridized carbons (Fsp3) is 0.222. The van der Waals surface area contributed by atoms with E-state index in [9.17, 15) is 0 Å². The molecule has 0 amide bonds. The van der Waals surface area contributed by atoms with Crippen molar-refractivity contribution in [1.82, 2.24) is 5.32 Å². The molecule has 0 saturated carbocycles. The molecule has 0 atom stereocenters. The summed E-state index contributed by atoms with van der Waals surface area (Å²) in [5, 5.41) is 6.88. The van der Waals surface area contributed by atoms with E-state index in [1.54, 1.807) is 0 Å². The van der Waals surface area contributed by atoms with E-state index < -0.39 is 0 Å². The van der Waals surface area contributed by atoms with Crippen LogP contribution in [0.15, 0.2) is 47.8 Å². The van der Waals surface area contributed by atoms with Crippen molar-refractivity contribution >= 4 is 21.4 Å². The van der Waals surface area contributed by atoms with E-state index in [-0.39, 0.29) is 0 Å². The quantitative estimate of drug-likeness (QED) is 0.710. The molecule has 0 fully saturated rings. The first kappa shape index (κ1) is 13.3. The Balaban J connectivity index is 2.04. The molecule has 0 radical (unpaired) electrons. The first-order valence-corrected chi connectivity index (χ1v) is 7.94. The van der Waals surface area contributed by atoms with Gasteiger partial charge in [-0.25, -0.2) is 0 Å². The van der Waals surface area contributed by atoms with E-state index in [1.165, 1.54) is 32.3 Å². The van der Waals surface area contributed by atoms with Crippen molar-refractivity contribution < 1.29 is 0 Å². The lowest BCUT2D eigenvalue weighted by atomic mass is 9.97. The first-order chi connectivity index (χ1) is 9.79. The molecule has 1 N–H and O–H groups in total. The lowest BCUT2D eigenvalue weighted by Gasteiger charge is -2.10. The summed E-state index contributed by atoms with van der Waals surface area (Å²) in [6, 6.07) is 15.5. The summed E-state index contributed by atoms with van der Waals surface area (Å²) < 4.78 is 1.38. The minimum Gasteiger partial charge on any atom is -0.313 e. The molecule has 1 heterocycles. The Labute approximate surface area is 124 Å². The second-order valence-electron chi connectivity index (χ2n) is 5.07. The Morgan fingerprint density at radius 1 is 1.05 bits per heavy atom. The zero-order valence-corrected chi connectivity index (χ0v) is 12.8. The van der Waals surface area contributed by atoms with Crippen LogP contribution in [0.4, 0.5) is 0 Å². The molecule has 3 rings (SSSR count). The van der Waals surface area contributed by atoms with Gasteiger partial charge in [-0.2, -0.15) is 0 Å². The standard InChI is InChI=1S/C18H19NS/c1-3-19-12-14-7-8-16(13(2)11-14)17-6-4-5-15-9-10-20-18(15)17/h4-11,19H,3,12H2,1-2H3. The first-order valence-electron chi connectivity index (χ1n) is 7.06. The van der Waals surface area contributed by atoms with Crippen molar-refractivity contribution in [3.8, 4) is 11.1 Å². The fourth-order valence-electron chi connectivity index (χ4n) is 2.61. The summed E-state index contributed by atoms with van der Waals surface area (Å²) in [6.07, 6.45) is 0. The highest BCUT2D eigenvalue weighted by molar-refractivity contribution is 7.17. The molecule has 0 aliphatic rings. The zero-order valence-electron chi connectivity index (χ0n) is 11.9. The van der Waals surface area contributed by atoms with Crippen molar-refractivity contribution in [2.75, 3.05) is 6.54 Å². The maximum atomic E-state index is 3.38. The van der Waals surface area contributed by atoms with E-state index in [4.69, 9.17) is 0 Å². The average Bonchev–Trinajstić information content (AvgIpc) is 2.94. The Kier molecular flexibility index (Phi) is 3.86. The van der Waals surface area contributed by atoms with Crippen LogP contribution in [0.25, 0.3) is 21.2 Å². The van der Waals surface area contributed by atoms with Crippen LogP contribution in [-0.4, -0.2) is 6.54 Å². The largest absolute Gasteiger partial charge is 0.313 e. The molecule has 1 nitrogen and oxygen atoms in total. The van der Waals surface area contributed by atoms with Crippen LogP contribution in [-0.2, 0) is 6.54 Å². The van der Waals surface area contributed by atoms with Crippen LogP contribution in [0.3, 0.4) is 0 Å². The third kappa shape index (κ3) is 2.49. The van der Waals surface area contributed by atoms with Gasteiger partial charge in [0.2, 0.25) is 0 Å². The third-order valence-corrected chi connectivity index (χ3v) is 4.60. The highest BCUT2D eigenvalue weighted by atomic mass is 32.1. The smallest absolute Gasteiger partial charge is 0.0421 e. The Bertz CT molecular complexity index is 727. The summed E-state index contributed by atoms with van der Waals surface area (Å²) >= 11 is 1.82. The van der Waals surface area contributed by atoms with E-state index in [0.717, 1.165) is 13.1 Å². The van der Waals surface area contributed by atoms with Gasteiger partial charge in [0.15, 0.2) is 0 Å². The van der Waals surface area contributed by atoms with E-state index >= 15 is 0 Å². The number of aryl methyl sites for hydroxylation is 1. The molecule has 0 unspecified atom stereocenters. The van der Waals surface area contributed by atoms with Crippen molar-refractivity contribution in [2.45, 2.75) is 20.4 Å². The predicted octanol–water partition coefficient (Wildman–Crippen LogP) is 4.99. The van der Waals surface area contributed by atoms with Crippen LogP contribution in [0.2, 0.25) is 0 Å². The molecule has 102 valence electrons. The van der Waals surface area contributed by atoms with Gasteiger partial charge < -0.3 is 5.32 Å². The minimum absolute atomic E-state index is 0.945. The minimum atomic E-state index is 0.945. The van der Waals surface area contributed by atoms with Gasteiger partial charge in [0.25, 0.3) is 0 Å². The van der Waals surface area contributed by atoms with Crippen molar-refractivity contribution in [3.63, 3.8) is 0 Å². The van der Waals surface area contributed by atoms with Gasteiger partial charge in [-0.05, 0) is 52.6 Å². The Morgan fingerprint density at radius 2 is 1.95 bits per heavy atom. The summed E-state index contributed by atoms with van der Waals surface area (Å²) in [6.45, 7) is 6.30. The van der Waals surface area contributed by atoms with Crippen molar-refractivity contribution in [1.29, 1.82) is 0 Å². The number of hydrogen-bond acceptors (Lipinski definition) is 2. The molecule has 1 aromatic heterocycles. The van der Waals surface area contributed by atoms with Gasteiger partial charge in [0, 0.05) is 11.2 Å². The van der Waals surface area contributed by atoms with E-state index in [1.807, 2.05) is 11.3 Å². The summed E-state index contributed by atoms with van der Waals surface area (Å²) in [5.74, 6) is 0. The molecule has 3 aromatic rings. The van der Waals surface area contributed by atoms with E-state index in [2.05, 4.69) is 67.0 Å². The molecule has 20 heavy (non-hydrogen) atoms. The highest BCUT2D eigenvalue weighted by Gasteiger charge is 2.07. The molecule has 0 spiro atoms. The summed E-state index contributed by atoms with van der Waals surface area (Å²) in [7, 11) is 0. The van der Waals surface area contributed by atoms with E-state index in [0.29, 0.717) is 0 Å². The van der Waals surface area contributed by atoms with Gasteiger partial charge >= 0.3 is 0 Å². The fourth-order valence-corrected chi connectivity index (χ4v) is 3.54. The topological polar surface area (TPSA) is 12.0 Å². The molecule has 0 saturated heterocycles. The van der Waals surface area contributed by atoms with Crippen LogP contribution >= 0.6 is 11.3 Å². The van der Waals surface area contributed by atoms with Gasteiger partial charge in [-0.1, -0.05) is 43.3 Å². The lowest BCUT2D eigenvalue weighted by Crippen LogP contribution is -2.11. The Morgan fingerprint density at radius 3 is 2.75 bits per heavy atom. The lowest BCUT2D eigenvalue weighted by molar-refractivity contribution is 0.726. The zero-order chi connectivity index (χ0) is 13.9. The highest BCUT2D eigenvalue weighted by Crippen LogP contribution is 2.34. The van der Waals surface area contributed by atoms with Gasteiger partial charge in [-0.3, -0.25) is 0 Å². The van der Waals surface area contributed by atoms with Crippen molar-refractivity contribution in [2.24, 2.45) is 0 Å². The average molecular weight is 281 g/mol. The number of fused-ring (bicyclic) bond motifs is 1. The monoisotopic (exact) mass is 281 g/mol. The van der Waals surface area contributed by atoms with Gasteiger partial charge in [0.05, 0.1) is 0 Å². The maximum Gasteiger partial charge on any atom is 0.0421 e. The number of thiophene rings is 1. The molecule has 0 aliphatic heterocycles. The number of nitrogens with one attached hydrogen (secondary N) is 1. The van der Waals surface area contributed by atoms with Gasteiger partial charge in [0.1, 0.15) is 0 Å². The second-order valence-corrected chi connectivity index (χ2v) is 5.99. The van der Waals surface area contributed by atoms with Gasteiger partial charge in [-0.15, -0.1) is 11.3 Å². The second kappa shape index (κ2) is 5.78. The maximum absolute atomic E-state index is 3.38. The summed E-state index contributed by atoms with van der Waals surface area (Å²) in [5.41, 5.74) is 5.40. The molecule has 2 heteroatoms. The third-order valence-electron chi connectivity index (χ3n) is 3.64. The molecular weight excluding hydrogens is 262 g/mol. The number of benzene rings is 2. The number of rotatable bonds is 4. The van der Waals surface area contributed by atoms with Crippen molar-refractivity contribution in [3.05, 3.63) is 59.0 Å². The molecular formula is C18H19NS. The molecule has 2 aromatic carbocycles. The van der Waals surface area contributed by atoms with Crippen LogP contribution in [0.1, 0.15) is 18.1 Å². The van der Waals surface area contributed by atoms with Crippen LogP contribution in [0, 0.1) is 6.92 Å². The number of hydrogen-bond donors (Lipinski definition) is 1. The normalized spacial score (nSPS) is 11.1. The molecule has 0 aliphatic carbocycles.